The summed E-state index contributed by atoms with van der Waals surface area (Å²) in [6.45, 7) is 3.97. The summed E-state index contributed by atoms with van der Waals surface area (Å²) in [7, 11) is 0. The van der Waals surface area contributed by atoms with Gasteiger partial charge in [0.1, 0.15) is 0 Å². The molecule has 0 unspecified atom stereocenters. The average Bonchev–Trinajstić information content (AvgIpc) is 3.37. The first-order chi connectivity index (χ1) is 11.3. The van der Waals surface area contributed by atoms with E-state index in [2.05, 4.69) is 12.2 Å². The summed E-state index contributed by atoms with van der Waals surface area (Å²) < 4.78 is 38.3. The van der Waals surface area contributed by atoms with Crippen LogP contribution in [0.2, 0.25) is 0 Å². The molecule has 2 atom stereocenters. The number of nitrogens with one attached hydrogen (secondary N) is 1. The van der Waals surface area contributed by atoms with E-state index in [0.29, 0.717) is 18.0 Å². The lowest BCUT2D eigenvalue weighted by Crippen LogP contribution is -2.50. The number of halogens is 3. The van der Waals surface area contributed by atoms with E-state index in [1.54, 1.807) is 6.07 Å². The van der Waals surface area contributed by atoms with E-state index in [1.807, 2.05) is 4.90 Å². The van der Waals surface area contributed by atoms with Gasteiger partial charge in [-0.05, 0) is 36.8 Å². The minimum Gasteiger partial charge on any atom is -0.342 e. The van der Waals surface area contributed by atoms with Gasteiger partial charge in [0.25, 0.3) is 0 Å². The van der Waals surface area contributed by atoms with Crippen molar-refractivity contribution in [3.05, 3.63) is 35.4 Å². The number of nitrogens with zero attached hydrogens (tertiary/aromatic N) is 1. The van der Waals surface area contributed by atoms with E-state index in [1.165, 1.54) is 12.1 Å². The smallest absolute Gasteiger partial charge is 0.342 e. The molecule has 1 aromatic carbocycles. The number of rotatable bonds is 4. The maximum atomic E-state index is 12.8. The van der Waals surface area contributed by atoms with Crippen LogP contribution in [0.25, 0.3) is 0 Å². The second kappa shape index (κ2) is 6.75. The van der Waals surface area contributed by atoms with E-state index in [4.69, 9.17) is 0 Å². The van der Waals surface area contributed by atoms with E-state index < -0.39 is 11.7 Å². The molecule has 1 amide bonds. The van der Waals surface area contributed by atoms with Crippen molar-refractivity contribution in [2.45, 2.75) is 44.9 Å². The topological polar surface area (TPSA) is 32.3 Å². The second-order valence-electron chi connectivity index (χ2n) is 7.01. The van der Waals surface area contributed by atoms with Gasteiger partial charge in [0.2, 0.25) is 5.91 Å². The van der Waals surface area contributed by atoms with Crippen LogP contribution in [-0.2, 0) is 17.5 Å². The Labute approximate surface area is 140 Å². The van der Waals surface area contributed by atoms with Crippen molar-refractivity contribution in [1.82, 2.24) is 10.2 Å². The minimum atomic E-state index is -4.31. The standard InChI is InChI=1S/C18H23F3N2O/c1-12-11-23(17(24)14-5-6-14)8-7-16(12)22-10-13-3-2-4-15(9-13)18(19,20)21/h2-4,9,12,14,16,22H,5-8,10-11H2,1H3/t12-,16+/m1/s1. The number of benzene rings is 1. The zero-order valence-electron chi connectivity index (χ0n) is 13.8. The summed E-state index contributed by atoms with van der Waals surface area (Å²) in [4.78, 5) is 14.1. The van der Waals surface area contributed by atoms with Crippen LogP contribution in [0.4, 0.5) is 13.2 Å². The molecule has 0 radical (unpaired) electrons. The fraction of sp³-hybridized carbons (Fsp3) is 0.611. The van der Waals surface area contributed by atoms with E-state index in [-0.39, 0.29) is 17.9 Å². The van der Waals surface area contributed by atoms with Gasteiger partial charge in [-0.1, -0.05) is 25.1 Å². The number of carbonyl (C=O) groups excluding carboxylic acids is 1. The van der Waals surface area contributed by atoms with Crippen molar-refractivity contribution in [3.63, 3.8) is 0 Å². The SMILES string of the molecule is C[C@@H]1CN(C(=O)C2CC2)CC[C@@H]1NCc1cccc(C(F)(F)F)c1. The molecule has 3 nitrogen and oxygen atoms in total. The largest absolute Gasteiger partial charge is 0.416 e. The highest BCUT2D eigenvalue weighted by Crippen LogP contribution is 2.33. The molecule has 24 heavy (non-hydrogen) atoms. The molecule has 1 aliphatic heterocycles. The molecule has 132 valence electrons. The zero-order valence-corrected chi connectivity index (χ0v) is 13.8. The van der Waals surface area contributed by atoms with Crippen LogP contribution in [0, 0.1) is 11.8 Å². The highest BCUT2D eigenvalue weighted by Gasteiger charge is 2.36. The third kappa shape index (κ3) is 4.09. The highest BCUT2D eigenvalue weighted by molar-refractivity contribution is 5.81. The van der Waals surface area contributed by atoms with Gasteiger partial charge in [-0.3, -0.25) is 4.79 Å². The van der Waals surface area contributed by atoms with Gasteiger partial charge < -0.3 is 10.2 Å². The average molecular weight is 340 g/mol. The molecule has 1 N–H and O–H groups in total. The maximum Gasteiger partial charge on any atom is 0.416 e. The lowest BCUT2D eigenvalue weighted by molar-refractivity contribution is -0.137. The highest BCUT2D eigenvalue weighted by atomic mass is 19.4. The molecular weight excluding hydrogens is 317 g/mol. The van der Waals surface area contributed by atoms with E-state index in [0.717, 1.165) is 38.4 Å². The van der Waals surface area contributed by atoms with Crippen molar-refractivity contribution in [1.29, 1.82) is 0 Å². The van der Waals surface area contributed by atoms with Crippen LogP contribution in [0.5, 0.6) is 0 Å². The number of alkyl halides is 3. The van der Waals surface area contributed by atoms with Crippen LogP contribution < -0.4 is 5.32 Å². The molecule has 6 heteroatoms. The summed E-state index contributed by atoms with van der Waals surface area (Å²) in [5.41, 5.74) is 0.0215. The third-order valence-electron chi connectivity index (χ3n) is 4.97. The van der Waals surface area contributed by atoms with Crippen molar-refractivity contribution in [2.24, 2.45) is 11.8 Å². The molecule has 0 bridgehead atoms. The van der Waals surface area contributed by atoms with Crippen molar-refractivity contribution < 1.29 is 18.0 Å². The summed E-state index contributed by atoms with van der Waals surface area (Å²) in [5.74, 6) is 0.817. The van der Waals surface area contributed by atoms with Crippen LogP contribution >= 0.6 is 0 Å². The third-order valence-corrected chi connectivity index (χ3v) is 4.97. The summed E-state index contributed by atoms with van der Waals surface area (Å²) in [6.07, 6.45) is -1.43. The van der Waals surface area contributed by atoms with Crippen LogP contribution in [-0.4, -0.2) is 29.9 Å². The number of likely N-dealkylation sites (tertiary alicyclic amines) is 1. The summed E-state index contributed by atoms with van der Waals surface area (Å²) >= 11 is 0. The predicted molar refractivity (Wildman–Crippen MR) is 85.2 cm³/mol. The number of hydrogen-bond acceptors (Lipinski definition) is 2. The molecule has 3 rings (SSSR count). The Bertz CT molecular complexity index is 598. The van der Waals surface area contributed by atoms with Crippen LogP contribution in [0.1, 0.15) is 37.3 Å². The number of hydrogen-bond donors (Lipinski definition) is 1. The summed E-state index contributed by atoms with van der Waals surface area (Å²) in [5, 5.41) is 3.37. The second-order valence-corrected chi connectivity index (χ2v) is 7.01. The predicted octanol–water partition coefficient (Wildman–Crippen LogP) is 3.44. The van der Waals surface area contributed by atoms with Crippen LogP contribution in [0.3, 0.4) is 0 Å². The molecule has 0 aromatic heterocycles. The molecule has 1 aliphatic carbocycles. The van der Waals surface area contributed by atoms with Gasteiger partial charge in [0, 0.05) is 31.6 Å². The van der Waals surface area contributed by atoms with Gasteiger partial charge in [-0.25, -0.2) is 0 Å². The molecule has 1 saturated heterocycles. The number of piperidine rings is 1. The van der Waals surface area contributed by atoms with Crippen molar-refractivity contribution in [2.75, 3.05) is 13.1 Å². The molecule has 1 saturated carbocycles. The van der Waals surface area contributed by atoms with Gasteiger partial charge in [-0.15, -0.1) is 0 Å². The molecule has 1 aromatic rings. The molecule has 1 heterocycles. The normalized spacial score (nSPS) is 24.9. The maximum absolute atomic E-state index is 12.8. The Hall–Kier alpha value is -1.56. The first kappa shape index (κ1) is 17.3. The first-order valence-corrected chi connectivity index (χ1v) is 8.53. The molecular formula is C18H23F3N2O. The van der Waals surface area contributed by atoms with Gasteiger partial charge in [-0.2, -0.15) is 13.2 Å². The molecule has 2 aliphatic rings. The summed E-state index contributed by atoms with van der Waals surface area (Å²) in [6, 6.07) is 5.67. The van der Waals surface area contributed by atoms with Gasteiger partial charge >= 0.3 is 6.18 Å². The minimum absolute atomic E-state index is 0.225. The Morgan fingerprint density at radius 2 is 2.04 bits per heavy atom. The van der Waals surface area contributed by atoms with Crippen molar-refractivity contribution >= 4 is 5.91 Å². The van der Waals surface area contributed by atoms with Crippen molar-refractivity contribution in [3.8, 4) is 0 Å². The van der Waals surface area contributed by atoms with Gasteiger partial charge in [0.05, 0.1) is 5.56 Å². The quantitative estimate of drug-likeness (QED) is 0.911. The first-order valence-electron chi connectivity index (χ1n) is 8.53. The fourth-order valence-electron chi connectivity index (χ4n) is 3.34. The van der Waals surface area contributed by atoms with Gasteiger partial charge in [0.15, 0.2) is 0 Å². The monoisotopic (exact) mass is 340 g/mol. The lowest BCUT2D eigenvalue weighted by Gasteiger charge is -2.37. The lowest BCUT2D eigenvalue weighted by atomic mass is 9.93. The molecule has 0 spiro atoms. The zero-order chi connectivity index (χ0) is 17.3. The number of amides is 1. The Morgan fingerprint density at radius 1 is 1.29 bits per heavy atom. The fourth-order valence-corrected chi connectivity index (χ4v) is 3.34. The Morgan fingerprint density at radius 3 is 2.67 bits per heavy atom. The number of carbonyl (C=O) groups is 1. The van der Waals surface area contributed by atoms with E-state index in [9.17, 15) is 18.0 Å². The Kier molecular flexibility index (Phi) is 4.85. The van der Waals surface area contributed by atoms with E-state index >= 15 is 0 Å². The van der Waals surface area contributed by atoms with Crippen LogP contribution in [0.15, 0.2) is 24.3 Å². The Balaban J connectivity index is 1.53. The molecule has 2 fully saturated rings.